The zero-order valence-electron chi connectivity index (χ0n) is 10.9. The minimum absolute atomic E-state index is 0.236. The predicted octanol–water partition coefficient (Wildman–Crippen LogP) is 3.41. The number of alkyl halides is 3. The standard InChI is InChI=1S/C12H13F3N4O2/c13-12(14,15)21-10-5-3-9(4-6-10)11(20)17-7-1-2-8-18-19-16/h3-6H,1-2,7-8H2,(H,17,20). The monoisotopic (exact) mass is 302 g/mol. The number of unbranched alkanes of at least 4 members (excludes halogenated alkanes) is 1. The fourth-order valence-electron chi connectivity index (χ4n) is 1.46. The maximum absolute atomic E-state index is 12.0. The van der Waals surface area contributed by atoms with E-state index >= 15 is 0 Å². The number of amides is 1. The molecule has 0 aliphatic carbocycles. The largest absolute Gasteiger partial charge is 0.573 e. The molecule has 0 radical (unpaired) electrons. The summed E-state index contributed by atoms with van der Waals surface area (Å²) in [4.78, 5) is 14.3. The fourth-order valence-corrected chi connectivity index (χ4v) is 1.46. The summed E-state index contributed by atoms with van der Waals surface area (Å²) in [6, 6.07) is 4.64. The first-order valence-electron chi connectivity index (χ1n) is 6.07. The molecule has 1 rings (SSSR count). The van der Waals surface area contributed by atoms with Crippen LogP contribution in [-0.4, -0.2) is 25.4 Å². The molecule has 21 heavy (non-hydrogen) atoms. The second-order valence-corrected chi connectivity index (χ2v) is 3.99. The summed E-state index contributed by atoms with van der Waals surface area (Å²) in [7, 11) is 0. The van der Waals surface area contributed by atoms with Gasteiger partial charge in [0.2, 0.25) is 0 Å². The number of benzene rings is 1. The number of azide groups is 1. The number of carbonyl (C=O) groups excluding carboxylic acids is 1. The maximum Gasteiger partial charge on any atom is 0.573 e. The molecule has 0 spiro atoms. The average molecular weight is 302 g/mol. The van der Waals surface area contributed by atoms with Crippen molar-refractivity contribution in [1.29, 1.82) is 0 Å². The van der Waals surface area contributed by atoms with Crippen molar-refractivity contribution in [1.82, 2.24) is 5.32 Å². The summed E-state index contributed by atoms with van der Waals surface area (Å²) in [5.41, 5.74) is 8.30. The smallest absolute Gasteiger partial charge is 0.406 e. The minimum atomic E-state index is -4.75. The Balaban J connectivity index is 2.39. The number of nitrogens with zero attached hydrogens (tertiary/aromatic N) is 3. The van der Waals surface area contributed by atoms with Gasteiger partial charge in [-0.15, -0.1) is 13.2 Å². The van der Waals surface area contributed by atoms with Crippen LogP contribution in [0, 0.1) is 0 Å². The van der Waals surface area contributed by atoms with Gasteiger partial charge < -0.3 is 10.1 Å². The molecule has 0 aliphatic heterocycles. The number of nitrogens with one attached hydrogen (secondary N) is 1. The van der Waals surface area contributed by atoms with Gasteiger partial charge in [0.15, 0.2) is 0 Å². The summed E-state index contributed by atoms with van der Waals surface area (Å²) < 4.78 is 39.6. The molecule has 1 aromatic rings. The molecule has 114 valence electrons. The molecule has 0 heterocycles. The van der Waals surface area contributed by atoms with E-state index in [1.54, 1.807) is 0 Å². The van der Waals surface area contributed by atoms with Crippen LogP contribution in [0.25, 0.3) is 10.4 Å². The highest BCUT2D eigenvalue weighted by molar-refractivity contribution is 5.94. The number of rotatable bonds is 7. The van der Waals surface area contributed by atoms with Crippen LogP contribution in [0.2, 0.25) is 0 Å². The summed E-state index contributed by atoms with van der Waals surface area (Å²) >= 11 is 0. The second kappa shape index (κ2) is 8.01. The maximum atomic E-state index is 12.0. The molecule has 0 atom stereocenters. The van der Waals surface area contributed by atoms with Gasteiger partial charge in [0.25, 0.3) is 5.91 Å². The van der Waals surface area contributed by atoms with Crippen molar-refractivity contribution in [2.75, 3.05) is 13.1 Å². The Morgan fingerprint density at radius 1 is 1.29 bits per heavy atom. The van der Waals surface area contributed by atoms with Crippen LogP contribution in [0.3, 0.4) is 0 Å². The van der Waals surface area contributed by atoms with E-state index in [-0.39, 0.29) is 11.3 Å². The summed E-state index contributed by atoms with van der Waals surface area (Å²) in [6.07, 6.45) is -3.47. The molecule has 1 aromatic carbocycles. The van der Waals surface area contributed by atoms with Crippen LogP contribution in [-0.2, 0) is 0 Å². The van der Waals surface area contributed by atoms with E-state index in [0.29, 0.717) is 25.9 Å². The summed E-state index contributed by atoms with van der Waals surface area (Å²) in [5, 5.41) is 5.95. The fraction of sp³-hybridized carbons (Fsp3) is 0.417. The van der Waals surface area contributed by atoms with Crippen LogP contribution >= 0.6 is 0 Å². The van der Waals surface area contributed by atoms with Gasteiger partial charge in [0, 0.05) is 23.6 Å². The van der Waals surface area contributed by atoms with E-state index in [1.165, 1.54) is 12.1 Å². The number of carbonyl (C=O) groups is 1. The second-order valence-electron chi connectivity index (χ2n) is 3.99. The van der Waals surface area contributed by atoms with Gasteiger partial charge in [-0.2, -0.15) is 0 Å². The van der Waals surface area contributed by atoms with Gasteiger partial charge in [0.05, 0.1) is 0 Å². The van der Waals surface area contributed by atoms with Gasteiger partial charge in [-0.3, -0.25) is 4.79 Å². The van der Waals surface area contributed by atoms with E-state index in [9.17, 15) is 18.0 Å². The van der Waals surface area contributed by atoms with Crippen molar-refractivity contribution in [3.05, 3.63) is 40.3 Å². The topological polar surface area (TPSA) is 87.1 Å². The predicted molar refractivity (Wildman–Crippen MR) is 68.7 cm³/mol. The lowest BCUT2D eigenvalue weighted by Crippen LogP contribution is -2.24. The average Bonchev–Trinajstić information content (AvgIpc) is 2.41. The van der Waals surface area contributed by atoms with Crippen molar-refractivity contribution in [2.24, 2.45) is 5.11 Å². The molecule has 1 amide bonds. The molecule has 0 saturated heterocycles. The molecule has 0 bridgehead atoms. The van der Waals surface area contributed by atoms with Gasteiger partial charge in [-0.05, 0) is 42.6 Å². The normalized spacial score (nSPS) is 10.6. The quantitative estimate of drug-likeness (QED) is 0.362. The van der Waals surface area contributed by atoms with Crippen LogP contribution in [0.1, 0.15) is 23.2 Å². The van der Waals surface area contributed by atoms with Crippen molar-refractivity contribution >= 4 is 5.91 Å². The van der Waals surface area contributed by atoms with Gasteiger partial charge in [0.1, 0.15) is 5.75 Å². The van der Waals surface area contributed by atoms with E-state index in [2.05, 4.69) is 20.1 Å². The van der Waals surface area contributed by atoms with Crippen LogP contribution < -0.4 is 10.1 Å². The van der Waals surface area contributed by atoms with Crippen LogP contribution in [0.4, 0.5) is 13.2 Å². The van der Waals surface area contributed by atoms with Crippen molar-refractivity contribution < 1.29 is 22.7 Å². The Morgan fingerprint density at radius 2 is 1.95 bits per heavy atom. The lowest BCUT2D eigenvalue weighted by molar-refractivity contribution is -0.274. The lowest BCUT2D eigenvalue weighted by Gasteiger charge is -2.09. The van der Waals surface area contributed by atoms with Gasteiger partial charge in [-0.1, -0.05) is 5.11 Å². The Kier molecular flexibility index (Phi) is 6.35. The highest BCUT2D eigenvalue weighted by atomic mass is 19.4. The van der Waals surface area contributed by atoms with E-state index in [0.717, 1.165) is 12.1 Å². The summed E-state index contributed by atoms with van der Waals surface area (Å²) in [5.74, 6) is -0.772. The third-order valence-corrected chi connectivity index (χ3v) is 2.38. The molecule has 0 saturated carbocycles. The van der Waals surface area contributed by atoms with Gasteiger partial charge >= 0.3 is 6.36 Å². The molecule has 6 nitrogen and oxygen atoms in total. The minimum Gasteiger partial charge on any atom is -0.406 e. The third kappa shape index (κ3) is 7.07. The SMILES string of the molecule is [N-]=[N+]=NCCCCNC(=O)c1ccc(OC(F)(F)F)cc1. The molecule has 9 heteroatoms. The number of halogens is 3. The molecule has 0 unspecified atom stereocenters. The molecule has 0 aromatic heterocycles. The number of hydrogen-bond donors (Lipinski definition) is 1. The highest BCUT2D eigenvalue weighted by Crippen LogP contribution is 2.22. The first-order valence-corrected chi connectivity index (χ1v) is 6.07. The molecule has 0 aliphatic rings. The van der Waals surface area contributed by atoms with Crippen molar-refractivity contribution in [3.63, 3.8) is 0 Å². The molecular weight excluding hydrogens is 289 g/mol. The van der Waals surface area contributed by atoms with Crippen LogP contribution in [0.5, 0.6) is 5.75 Å². The van der Waals surface area contributed by atoms with Crippen molar-refractivity contribution in [3.8, 4) is 5.75 Å². The Bertz CT molecular complexity index is 510. The lowest BCUT2D eigenvalue weighted by atomic mass is 10.2. The first-order chi connectivity index (χ1) is 9.92. The zero-order valence-corrected chi connectivity index (χ0v) is 10.9. The van der Waals surface area contributed by atoms with Gasteiger partial charge in [-0.25, -0.2) is 0 Å². The van der Waals surface area contributed by atoms with E-state index in [1.807, 2.05) is 0 Å². The molecular formula is C12H13F3N4O2. The van der Waals surface area contributed by atoms with E-state index in [4.69, 9.17) is 5.53 Å². The highest BCUT2D eigenvalue weighted by Gasteiger charge is 2.31. The Labute approximate surface area is 118 Å². The third-order valence-electron chi connectivity index (χ3n) is 2.38. The number of hydrogen-bond acceptors (Lipinski definition) is 3. The summed E-state index contributed by atoms with van der Waals surface area (Å²) in [6.45, 7) is 0.746. The van der Waals surface area contributed by atoms with E-state index < -0.39 is 12.3 Å². The zero-order chi connectivity index (χ0) is 15.7. The Morgan fingerprint density at radius 3 is 2.52 bits per heavy atom. The van der Waals surface area contributed by atoms with Crippen molar-refractivity contribution in [2.45, 2.75) is 19.2 Å². The number of ether oxygens (including phenoxy) is 1. The molecule has 0 fully saturated rings. The van der Waals surface area contributed by atoms with Crippen LogP contribution in [0.15, 0.2) is 29.4 Å². The molecule has 1 N–H and O–H groups in total. The Hall–Kier alpha value is -2.41. The first kappa shape index (κ1) is 16.6.